The van der Waals surface area contributed by atoms with Crippen LogP contribution in [0.1, 0.15) is 35.0 Å². The Bertz CT molecular complexity index is 968. The van der Waals surface area contributed by atoms with E-state index in [4.69, 9.17) is 34.8 Å². The highest BCUT2D eigenvalue weighted by Crippen LogP contribution is 2.24. The van der Waals surface area contributed by atoms with Gasteiger partial charge in [0.2, 0.25) is 0 Å². The van der Waals surface area contributed by atoms with Crippen LogP contribution in [0, 0.1) is 0 Å². The van der Waals surface area contributed by atoms with Gasteiger partial charge in [-0.15, -0.1) is 0 Å². The zero-order chi connectivity index (χ0) is 20.1. The summed E-state index contributed by atoms with van der Waals surface area (Å²) in [5, 5.41) is 1.54. The first-order valence-electron chi connectivity index (χ1n) is 9.10. The number of halogens is 3. The van der Waals surface area contributed by atoms with Gasteiger partial charge in [0.05, 0.1) is 16.6 Å². The molecule has 6 heteroatoms. The highest BCUT2D eigenvalue weighted by Gasteiger charge is 2.18. The van der Waals surface area contributed by atoms with Gasteiger partial charge in [0, 0.05) is 35.6 Å². The highest BCUT2D eigenvalue weighted by molar-refractivity contribution is 6.42. The van der Waals surface area contributed by atoms with Crippen LogP contribution in [0.3, 0.4) is 0 Å². The summed E-state index contributed by atoms with van der Waals surface area (Å²) < 4.78 is 2.14. The van der Waals surface area contributed by atoms with Crippen molar-refractivity contribution in [1.82, 2.24) is 9.47 Å². The van der Waals surface area contributed by atoms with Crippen molar-refractivity contribution in [2.75, 3.05) is 6.54 Å². The van der Waals surface area contributed by atoms with E-state index in [0.29, 0.717) is 40.3 Å². The third-order valence-corrected chi connectivity index (χ3v) is 5.44. The second-order valence-corrected chi connectivity index (χ2v) is 7.86. The van der Waals surface area contributed by atoms with Crippen molar-refractivity contribution < 1.29 is 4.79 Å². The van der Waals surface area contributed by atoms with Gasteiger partial charge in [-0.2, -0.15) is 0 Å². The molecule has 0 atom stereocenters. The molecule has 0 saturated carbocycles. The van der Waals surface area contributed by atoms with Gasteiger partial charge in [-0.1, -0.05) is 53.9 Å². The van der Waals surface area contributed by atoms with E-state index in [-0.39, 0.29) is 5.91 Å². The first-order valence-corrected chi connectivity index (χ1v) is 10.2. The molecule has 0 bridgehead atoms. The summed E-state index contributed by atoms with van der Waals surface area (Å²) >= 11 is 18.2. The van der Waals surface area contributed by atoms with Gasteiger partial charge in [0.15, 0.2) is 0 Å². The van der Waals surface area contributed by atoms with Crippen molar-refractivity contribution in [2.24, 2.45) is 0 Å². The maximum atomic E-state index is 13.0. The predicted octanol–water partition coefficient (Wildman–Crippen LogP) is 6.55. The van der Waals surface area contributed by atoms with E-state index < -0.39 is 0 Å². The van der Waals surface area contributed by atoms with Crippen LogP contribution < -0.4 is 0 Å². The van der Waals surface area contributed by atoms with Gasteiger partial charge in [0.25, 0.3) is 5.91 Å². The minimum absolute atomic E-state index is 0.0593. The van der Waals surface area contributed by atoms with E-state index >= 15 is 0 Å². The van der Waals surface area contributed by atoms with Crippen LogP contribution in [0.5, 0.6) is 0 Å². The zero-order valence-corrected chi connectivity index (χ0v) is 17.8. The van der Waals surface area contributed by atoms with Crippen molar-refractivity contribution in [3.05, 3.63) is 92.7 Å². The van der Waals surface area contributed by atoms with Gasteiger partial charge in [-0.3, -0.25) is 4.79 Å². The SMILES string of the molecule is CCCN(Cc1cccn1Cc1cccc(Cl)c1)C(=O)c1ccc(Cl)c(Cl)c1. The fraction of sp³-hybridized carbons (Fsp3) is 0.227. The zero-order valence-electron chi connectivity index (χ0n) is 15.5. The van der Waals surface area contributed by atoms with E-state index in [1.807, 2.05) is 47.5 Å². The average Bonchev–Trinajstić information content (AvgIpc) is 3.10. The highest BCUT2D eigenvalue weighted by atomic mass is 35.5. The van der Waals surface area contributed by atoms with Crippen LogP contribution in [0.2, 0.25) is 15.1 Å². The number of hydrogen-bond acceptors (Lipinski definition) is 1. The van der Waals surface area contributed by atoms with Gasteiger partial charge in [-0.05, 0) is 54.4 Å². The Hall–Kier alpha value is -1.94. The van der Waals surface area contributed by atoms with E-state index in [9.17, 15) is 4.79 Å². The van der Waals surface area contributed by atoms with Crippen LogP contribution in [0.15, 0.2) is 60.8 Å². The number of nitrogens with zero attached hydrogens (tertiary/aromatic N) is 2. The number of aromatic nitrogens is 1. The summed E-state index contributed by atoms with van der Waals surface area (Å²) in [7, 11) is 0. The Morgan fingerprint density at radius 1 is 1.00 bits per heavy atom. The molecule has 1 heterocycles. The Morgan fingerprint density at radius 2 is 1.82 bits per heavy atom. The van der Waals surface area contributed by atoms with Crippen molar-refractivity contribution in [2.45, 2.75) is 26.4 Å². The Morgan fingerprint density at radius 3 is 2.54 bits per heavy atom. The van der Waals surface area contributed by atoms with Gasteiger partial charge in [-0.25, -0.2) is 0 Å². The number of hydrogen-bond donors (Lipinski definition) is 0. The predicted molar refractivity (Wildman–Crippen MR) is 116 cm³/mol. The quantitative estimate of drug-likeness (QED) is 0.413. The first kappa shape index (κ1) is 20.8. The molecule has 0 aliphatic carbocycles. The Kier molecular flexibility index (Phi) is 7.06. The summed E-state index contributed by atoms with van der Waals surface area (Å²) in [5.74, 6) is -0.0593. The molecule has 0 aliphatic rings. The molecule has 3 nitrogen and oxygen atoms in total. The lowest BCUT2D eigenvalue weighted by molar-refractivity contribution is 0.0739. The smallest absolute Gasteiger partial charge is 0.254 e. The van der Waals surface area contributed by atoms with Crippen molar-refractivity contribution in [1.29, 1.82) is 0 Å². The van der Waals surface area contributed by atoms with Crippen LogP contribution in [0.4, 0.5) is 0 Å². The first-order chi connectivity index (χ1) is 13.5. The van der Waals surface area contributed by atoms with Crippen LogP contribution in [-0.2, 0) is 13.1 Å². The molecule has 2 aromatic carbocycles. The molecule has 1 amide bonds. The van der Waals surface area contributed by atoms with Gasteiger partial charge < -0.3 is 9.47 Å². The molecule has 0 N–H and O–H groups in total. The van der Waals surface area contributed by atoms with Gasteiger partial charge in [0.1, 0.15) is 0 Å². The number of rotatable bonds is 7. The number of benzene rings is 2. The molecule has 0 unspecified atom stereocenters. The third kappa shape index (κ3) is 5.11. The van der Waals surface area contributed by atoms with Gasteiger partial charge >= 0.3 is 0 Å². The van der Waals surface area contributed by atoms with E-state index in [1.165, 1.54) is 0 Å². The number of amides is 1. The molecule has 0 saturated heterocycles. The molecule has 3 rings (SSSR count). The molecule has 146 valence electrons. The summed E-state index contributed by atoms with van der Waals surface area (Å²) in [6.07, 6.45) is 2.88. The minimum atomic E-state index is -0.0593. The largest absolute Gasteiger partial charge is 0.345 e. The Balaban J connectivity index is 1.80. The van der Waals surface area contributed by atoms with Crippen molar-refractivity contribution >= 4 is 40.7 Å². The number of carbonyl (C=O) groups excluding carboxylic acids is 1. The van der Waals surface area contributed by atoms with E-state index in [1.54, 1.807) is 18.2 Å². The standard InChI is InChI=1S/C22H21Cl3N2O/c1-2-10-27(22(28)17-8-9-20(24)21(25)13-17)15-19-7-4-11-26(19)14-16-5-3-6-18(23)12-16/h3-9,11-13H,2,10,14-15H2,1H3. The number of carbonyl (C=O) groups is 1. The van der Waals surface area contributed by atoms with Crippen LogP contribution >= 0.6 is 34.8 Å². The lowest BCUT2D eigenvalue weighted by Gasteiger charge is -2.23. The summed E-state index contributed by atoms with van der Waals surface area (Å²) in [5.41, 5.74) is 2.71. The average molecular weight is 436 g/mol. The molecule has 3 aromatic rings. The lowest BCUT2D eigenvalue weighted by Crippen LogP contribution is -2.32. The van der Waals surface area contributed by atoms with Crippen LogP contribution in [0.25, 0.3) is 0 Å². The van der Waals surface area contributed by atoms with E-state index in [2.05, 4.69) is 11.5 Å². The molecule has 0 aliphatic heterocycles. The fourth-order valence-corrected chi connectivity index (χ4v) is 3.62. The Labute approximate surface area is 180 Å². The maximum Gasteiger partial charge on any atom is 0.254 e. The molecule has 28 heavy (non-hydrogen) atoms. The monoisotopic (exact) mass is 434 g/mol. The second kappa shape index (κ2) is 9.51. The summed E-state index contributed by atoms with van der Waals surface area (Å²) in [6, 6.07) is 16.8. The molecule has 0 radical (unpaired) electrons. The second-order valence-electron chi connectivity index (χ2n) is 6.61. The maximum absolute atomic E-state index is 13.0. The lowest BCUT2D eigenvalue weighted by atomic mass is 10.2. The summed E-state index contributed by atoms with van der Waals surface area (Å²) in [6.45, 7) is 3.92. The van der Waals surface area contributed by atoms with Crippen molar-refractivity contribution in [3.8, 4) is 0 Å². The molecule has 0 spiro atoms. The molecular weight excluding hydrogens is 415 g/mol. The van der Waals surface area contributed by atoms with E-state index in [0.717, 1.165) is 17.7 Å². The third-order valence-electron chi connectivity index (χ3n) is 4.47. The topological polar surface area (TPSA) is 25.2 Å². The molecule has 0 fully saturated rings. The summed E-state index contributed by atoms with van der Waals surface area (Å²) in [4.78, 5) is 14.9. The fourth-order valence-electron chi connectivity index (χ4n) is 3.11. The van der Waals surface area contributed by atoms with Crippen molar-refractivity contribution in [3.63, 3.8) is 0 Å². The molecule has 1 aromatic heterocycles. The normalized spacial score (nSPS) is 10.9. The minimum Gasteiger partial charge on any atom is -0.345 e. The molecular formula is C22H21Cl3N2O. The van der Waals surface area contributed by atoms with Crippen LogP contribution in [-0.4, -0.2) is 21.9 Å².